The third-order valence-electron chi connectivity index (χ3n) is 5.51. The highest BCUT2D eigenvalue weighted by molar-refractivity contribution is 5.92. The topological polar surface area (TPSA) is 104 Å². The van der Waals surface area contributed by atoms with E-state index in [9.17, 15) is 14.7 Å². The fraction of sp³-hybridized carbons (Fsp3) is 0.429. The van der Waals surface area contributed by atoms with Gasteiger partial charge in [0, 0.05) is 25.8 Å². The lowest BCUT2D eigenvalue weighted by Crippen LogP contribution is -2.56. The van der Waals surface area contributed by atoms with Crippen molar-refractivity contribution in [3.8, 4) is 11.5 Å². The summed E-state index contributed by atoms with van der Waals surface area (Å²) < 4.78 is 11.7. The normalized spacial score (nSPS) is 22.8. The van der Waals surface area contributed by atoms with Crippen molar-refractivity contribution in [2.45, 2.75) is 37.6 Å². The summed E-state index contributed by atoms with van der Waals surface area (Å²) in [6.45, 7) is 2.73. The predicted octanol–water partition coefficient (Wildman–Crippen LogP) is 1.33. The first-order valence-electron chi connectivity index (χ1n) is 9.80. The van der Waals surface area contributed by atoms with Gasteiger partial charge in [0.05, 0.1) is 5.60 Å². The summed E-state index contributed by atoms with van der Waals surface area (Å²) in [7, 11) is 0. The third kappa shape index (κ3) is 4.07. The highest BCUT2D eigenvalue weighted by atomic mass is 16.6. The second-order valence-corrected chi connectivity index (χ2v) is 7.62. The van der Waals surface area contributed by atoms with Crippen molar-refractivity contribution in [3.05, 3.63) is 48.3 Å². The molecule has 0 aliphatic carbocycles. The Morgan fingerprint density at radius 1 is 1.17 bits per heavy atom. The Morgan fingerprint density at radius 2 is 1.86 bits per heavy atom. The molecule has 0 radical (unpaired) electrons. The van der Waals surface area contributed by atoms with E-state index in [0.717, 1.165) is 0 Å². The lowest BCUT2D eigenvalue weighted by Gasteiger charge is -2.40. The molecule has 2 aliphatic heterocycles. The minimum atomic E-state index is -1.04. The molecular weight excluding hydrogens is 374 g/mol. The molecule has 0 saturated carbocycles. The van der Waals surface area contributed by atoms with Gasteiger partial charge in [-0.25, -0.2) is 0 Å². The number of H-pyrrole nitrogens is 1. The average Bonchev–Trinajstić information content (AvgIpc) is 3.27. The average molecular weight is 399 g/mol. The molecule has 2 unspecified atom stereocenters. The number of hydrogen-bond donors (Lipinski definition) is 3. The Morgan fingerprint density at radius 3 is 2.52 bits per heavy atom. The van der Waals surface area contributed by atoms with Gasteiger partial charge >= 0.3 is 0 Å². The molecule has 1 fully saturated rings. The molecule has 8 heteroatoms. The number of rotatable bonds is 4. The van der Waals surface area contributed by atoms with E-state index in [4.69, 9.17) is 9.47 Å². The number of likely N-dealkylation sites (tertiary alicyclic amines) is 1. The van der Waals surface area contributed by atoms with E-state index in [0.29, 0.717) is 43.1 Å². The van der Waals surface area contributed by atoms with E-state index >= 15 is 0 Å². The number of aromatic nitrogens is 1. The molecule has 4 rings (SSSR count). The van der Waals surface area contributed by atoms with Crippen LogP contribution in [0.3, 0.4) is 0 Å². The molecule has 1 saturated heterocycles. The second kappa shape index (κ2) is 7.79. The van der Waals surface area contributed by atoms with Crippen LogP contribution in [0.4, 0.5) is 0 Å². The number of piperidine rings is 1. The Bertz CT molecular complexity index is 874. The maximum absolute atomic E-state index is 13.0. The molecule has 1 aromatic heterocycles. The van der Waals surface area contributed by atoms with Gasteiger partial charge in [-0.2, -0.15) is 0 Å². The van der Waals surface area contributed by atoms with Crippen molar-refractivity contribution in [3.63, 3.8) is 0 Å². The molecule has 29 heavy (non-hydrogen) atoms. The van der Waals surface area contributed by atoms with Crippen molar-refractivity contribution < 1.29 is 24.2 Å². The van der Waals surface area contributed by atoms with Gasteiger partial charge in [-0.05, 0) is 44.0 Å². The maximum Gasteiger partial charge on any atom is 0.267 e. The Hall–Kier alpha value is -3.00. The molecule has 2 atom stereocenters. The van der Waals surface area contributed by atoms with Crippen molar-refractivity contribution in [2.24, 2.45) is 0 Å². The van der Waals surface area contributed by atoms with Gasteiger partial charge in [-0.15, -0.1) is 0 Å². The zero-order chi connectivity index (χ0) is 20.4. The number of benzene rings is 1. The van der Waals surface area contributed by atoms with Crippen molar-refractivity contribution in [1.29, 1.82) is 0 Å². The van der Waals surface area contributed by atoms with Crippen LogP contribution in [0.1, 0.15) is 30.3 Å². The standard InChI is InChI=1S/C21H25N3O5/c1-14-18(29-17-7-3-2-6-16(17)28-14)20(26)24-11-8-21(27,9-12-24)13-23-19(25)15-5-4-10-22-15/h2-7,10,14,18,22,27H,8-9,11-13H2,1H3,(H,23,25). The van der Waals surface area contributed by atoms with Gasteiger partial charge in [-0.1, -0.05) is 12.1 Å². The van der Waals surface area contributed by atoms with Crippen LogP contribution in [0, 0.1) is 0 Å². The number of hydrogen-bond acceptors (Lipinski definition) is 5. The quantitative estimate of drug-likeness (QED) is 0.720. The molecule has 0 bridgehead atoms. The van der Waals surface area contributed by atoms with E-state index < -0.39 is 17.8 Å². The summed E-state index contributed by atoms with van der Waals surface area (Å²) in [5.74, 6) is 0.783. The summed E-state index contributed by atoms with van der Waals surface area (Å²) in [5.41, 5.74) is -0.591. The monoisotopic (exact) mass is 399 g/mol. The highest BCUT2D eigenvalue weighted by Gasteiger charge is 2.40. The predicted molar refractivity (Wildman–Crippen MR) is 105 cm³/mol. The molecule has 2 aromatic rings. The number of ether oxygens (including phenoxy) is 2. The number of nitrogens with zero attached hydrogens (tertiary/aromatic N) is 1. The van der Waals surface area contributed by atoms with Crippen molar-refractivity contribution >= 4 is 11.8 Å². The SMILES string of the molecule is CC1Oc2ccccc2OC1C(=O)N1CCC(O)(CNC(=O)c2ccc[nH]2)CC1. The van der Waals surface area contributed by atoms with Crippen molar-refractivity contribution in [2.75, 3.05) is 19.6 Å². The lowest BCUT2D eigenvalue weighted by molar-refractivity contribution is -0.148. The Labute approximate surface area is 168 Å². The fourth-order valence-corrected chi connectivity index (χ4v) is 3.70. The molecule has 3 N–H and O–H groups in total. The van der Waals surface area contributed by atoms with Crippen molar-refractivity contribution in [1.82, 2.24) is 15.2 Å². The minimum absolute atomic E-state index is 0.139. The summed E-state index contributed by atoms with van der Waals surface area (Å²) >= 11 is 0. The summed E-state index contributed by atoms with van der Waals surface area (Å²) in [6.07, 6.45) is 1.30. The van der Waals surface area contributed by atoms with E-state index in [1.165, 1.54) is 0 Å². The number of carbonyl (C=O) groups excluding carboxylic acids is 2. The first-order chi connectivity index (χ1) is 14.0. The van der Waals surface area contributed by atoms with Crippen LogP contribution in [-0.2, 0) is 4.79 Å². The van der Waals surface area contributed by atoms with Crippen LogP contribution < -0.4 is 14.8 Å². The number of amides is 2. The van der Waals surface area contributed by atoms with Gasteiger partial charge in [0.1, 0.15) is 11.8 Å². The molecule has 3 heterocycles. The highest BCUT2D eigenvalue weighted by Crippen LogP contribution is 2.34. The van der Waals surface area contributed by atoms with Crippen LogP contribution in [0.5, 0.6) is 11.5 Å². The number of nitrogens with one attached hydrogen (secondary N) is 2. The number of para-hydroxylation sites is 2. The molecule has 0 spiro atoms. The Kier molecular flexibility index (Phi) is 5.19. The zero-order valence-corrected chi connectivity index (χ0v) is 16.3. The molecule has 2 aliphatic rings. The van der Waals surface area contributed by atoms with Crippen LogP contribution >= 0.6 is 0 Å². The van der Waals surface area contributed by atoms with Gasteiger partial charge in [0.25, 0.3) is 11.8 Å². The van der Waals surface area contributed by atoms with Gasteiger partial charge < -0.3 is 29.8 Å². The maximum atomic E-state index is 13.0. The van der Waals surface area contributed by atoms with Crippen LogP contribution in [-0.4, -0.2) is 64.2 Å². The molecule has 1 aromatic carbocycles. The van der Waals surface area contributed by atoms with Crippen LogP contribution in [0.25, 0.3) is 0 Å². The van der Waals surface area contributed by atoms with E-state index in [1.54, 1.807) is 29.3 Å². The molecule has 154 valence electrons. The largest absolute Gasteiger partial charge is 0.482 e. The van der Waals surface area contributed by atoms with E-state index in [-0.39, 0.29) is 18.4 Å². The molecular formula is C21H25N3O5. The zero-order valence-electron chi connectivity index (χ0n) is 16.3. The van der Waals surface area contributed by atoms with Crippen LogP contribution in [0.15, 0.2) is 42.6 Å². The first kappa shape index (κ1) is 19.3. The lowest BCUT2D eigenvalue weighted by atomic mass is 9.91. The Balaban J connectivity index is 1.32. The molecule has 8 nitrogen and oxygen atoms in total. The summed E-state index contributed by atoms with van der Waals surface area (Å²) in [5, 5.41) is 13.5. The van der Waals surface area contributed by atoms with E-state index in [1.807, 2.05) is 25.1 Å². The number of carbonyl (C=O) groups is 2. The van der Waals surface area contributed by atoms with Gasteiger partial charge in [-0.3, -0.25) is 9.59 Å². The van der Waals surface area contributed by atoms with Gasteiger partial charge in [0.2, 0.25) is 6.10 Å². The third-order valence-corrected chi connectivity index (χ3v) is 5.51. The number of aliphatic hydroxyl groups is 1. The number of fused-ring (bicyclic) bond motifs is 1. The molecule has 2 amide bonds. The fourth-order valence-electron chi connectivity index (χ4n) is 3.70. The van der Waals surface area contributed by atoms with Gasteiger partial charge in [0.15, 0.2) is 11.5 Å². The second-order valence-electron chi connectivity index (χ2n) is 7.62. The smallest absolute Gasteiger partial charge is 0.267 e. The summed E-state index contributed by atoms with van der Waals surface area (Å²) in [4.78, 5) is 29.6. The summed E-state index contributed by atoms with van der Waals surface area (Å²) in [6, 6.07) is 10.7. The minimum Gasteiger partial charge on any atom is -0.482 e. The number of aromatic amines is 1. The first-order valence-corrected chi connectivity index (χ1v) is 9.80. The van der Waals surface area contributed by atoms with E-state index in [2.05, 4.69) is 10.3 Å². The van der Waals surface area contributed by atoms with Crippen LogP contribution in [0.2, 0.25) is 0 Å².